The second-order valence-corrected chi connectivity index (χ2v) is 3.39. The Morgan fingerprint density at radius 1 is 1.31 bits per heavy atom. The number of ether oxygens (including phenoxy) is 1. The molecule has 2 rings (SSSR count). The molecule has 0 saturated carbocycles. The molecule has 0 aliphatic rings. The van der Waals surface area contributed by atoms with Crippen LogP contribution in [-0.4, -0.2) is 16.7 Å². The third-order valence-corrected chi connectivity index (χ3v) is 2.41. The molecule has 0 N–H and O–H groups in total. The fraction of sp³-hybridized carbons (Fsp3) is 0.167. The molecule has 0 unspecified atom stereocenters. The molecule has 16 heavy (non-hydrogen) atoms. The van der Waals surface area contributed by atoms with Gasteiger partial charge in [-0.2, -0.15) is 5.26 Å². The zero-order valence-electron chi connectivity index (χ0n) is 9.14. The van der Waals surface area contributed by atoms with Crippen LogP contribution in [0.3, 0.4) is 0 Å². The van der Waals surface area contributed by atoms with Crippen molar-refractivity contribution in [1.82, 2.24) is 9.55 Å². The lowest BCUT2D eigenvalue weighted by Gasteiger charge is -2.01. The van der Waals surface area contributed by atoms with Crippen molar-refractivity contribution in [2.24, 2.45) is 7.05 Å². The van der Waals surface area contributed by atoms with Crippen LogP contribution in [0.4, 0.5) is 0 Å². The van der Waals surface area contributed by atoms with Crippen LogP contribution in [0.15, 0.2) is 30.6 Å². The highest BCUT2D eigenvalue weighted by molar-refractivity contribution is 5.65. The van der Waals surface area contributed by atoms with Gasteiger partial charge in [0.25, 0.3) is 0 Å². The van der Waals surface area contributed by atoms with Gasteiger partial charge in [0.15, 0.2) is 0 Å². The zero-order valence-corrected chi connectivity index (χ0v) is 9.14. The van der Waals surface area contributed by atoms with Crippen LogP contribution in [0.2, 0.25) is 0 Å². The molecule has 0 amide bonds. The molecule has 1 heterocycles. The first kappa shape index (κ1) is 10.2. The van der Waals surface area contributed by atoms with Crippen LogP contribution in [-0.2, 0) is 7.05 Å². The molecule has 0 bridgehead atoms. The molecule has 80 valence electrons. The highest BCUT2D eigenvalue weighted by Crippen LogP contribution is 2.23. The largest absolute Gasteiger partial charge is 0.497 e. The lowest BCUT2D eigenvalue weighted by molar-refractivity contribution is 0.415. The van der Waals surface area contributed by atoms with Gasteiger partial charge >= 0.3 is 0 Å². The van der Waals surface area contributed by atoms with Crippen molar-refractivity contribution in [2.45, 2.75) is 0 Å². The number of aromatic nitrogens is 2. The van der Waals surface area contributed by atoms with E-state index in [0.29, 0.717) is 11.4 Å². The van der Waals surface area contributed by atoms with Crippen LogP contribution in [0.5, 0.6) is 5.75 Å². The van der Waals surface area contributed by atoms with E-state index in [1.54, 1.807) is 25.1 Å². The maximum Gasteiger partial charge on any atom is 0.147 e. The van der Waals surface area contributed by atoms with Crippen LogP contribution in [0, 0.1) is 11.3 Å². The SMILES string of the molecule is COc1ccc(-c2ncn(C)c2C#N)cc1. The number of hydrogen-bond donors (Lipinski definition) is 0. The monoisotopic (exact) mass is 213 g/mol. The molecule has 0 atom stereocenters. The van der Waals surface area contributed by atoms with Gasteiger partial charge in [0.05, 0.1) is 13.4 Å². The molecule has 0 radical (unpaired) electrons. The van der Waals surface area contributed by atoms with Gasteiger partial charge in [0.2, 0.25) is 0 Å². The van der Waals surface area contributed by atoms with Gasteiger partial charge < -0.3 is 9.30 Å². The highest BCUT2D eigenvalue weighted by Gasteiger charge is 2.10. The standard InChI is InChI=1S/C12H11N3O/c1-15-8-14-12(11(15)7-13)9-3-5-10(16-2)6-4-9/h3-6,8H,1-2H3. The second-order valence-electron chi connectivity index (χ2n) is 3.39. The Labute approximate surface area is 93.7 Å². The Morgan fingerprint density at radius 3 is 2.56 bits per heavy atom. The molecule has 1 aromatic carbocycles. The number of aryl methyl sites for hydroxylation is 1. The van der Waals surface area contributed by atoms with E-state index in [0.717, 1.165) is 11.3 Å². The van der Waals surface area contributed by atoms with Crippen LogP contribution in [0.25, 0.3) is 11.3 Å². The summed E-state index contributed by atoms with van der Waals surface area (Å²) in [6, 6.07) is 9.63. The zero-order chi connectivity index (χ0) is 11.5. The Morgan fingerprint density at radius 2 is 2.00 bits per heavy atom. The quantitative estimate of drug-likeness (QED) is 0.766. The maximum atomic E-state index is 9.01. The summed E-state index contributed by atoms with van der Waals surface area (Å²) in [4.78, 5) is 4.21. The average molecular weight is 213 g/mol. The predicted octanol–water partition coefficient (Wildman–Crippen LogP) is 1.97. The third-order valence-electron chi connectivity index (χ3n) is 2.41. The summed E-state index contributed by atoms with van der Waals surface area (Å²) in [5.74, 6) is 0.790. The normalized spacial score (nSPS) is 9.81. The van der Waals surface area contributed by atoms with E-state index in [1.807, 2.05) is 24.3 Å². The number of hydrogen-bond acceptors (Lipinski definition) is 3. The molecule has 4 nitrogen and oxygen atoms in total. The Balaban J connectivity index is 2.47. The minimum Gasteiger partial charge on any atom is -0.497 e. The first-order valence-electron chi connectivity index (χ1n) is 4.82. The first-order chi connectivity index (χ1) is 7.76. The van der Waals surface area contributed by atoms with Crippen LogP contribution >= 0.6 is 0 Å². The van der Waals surface area contributed by atoms with Crippen molar-refractivity contribution in [3.63, 3.8) is 0 Å². The van der Waals surface area contributed by atoms with E-state index < -0.39 is 0 Å². The van der Waals surface area contributed by atoms with E-state index in [9.17, 15) is 0 Å². The number of imidazole rings is 1. The Hall–Kier alpha value is -2.28. The number of benzene rings is 1. The maximum absolute atomic E-state index is 9.01. The molecular weight excluding hydrogens is 202 g/mol. The molecule has 2 aromatic rings. The molecule has 0 fully saturated rings. The van der Waals surface area contributed by atoms with Gasteiger partial charge in [-0.15, -0.1) is 0 Å². The molecule has 0 aliphatic heterocycles. The third kappa shape index (κ3) is 1.63. The summed E-state index contributed by atoms with van der Waals surface area (Å²) in [7, 11) is 3.43. The number of methoxy groups -OCH3 is 1. The summed E-state index contributed by atoms with van der Waals surface area (Å²) in [6.45, 7) is 0. The fourth-order valence-electron chi connectivity index (χ4n) is 1.52. The Kier molecular flexibility index (Phi) is 2.61. The van der Waals surface area contributed by atoms with Crippen LogP contribution in [0.1, 0.15) is 5.69 Å². The van der Waals surface area contributed by atoms with Crippen molar-refractivity contribution in [3.8, 4) is 23.1 Å². The van der Waals surface area contributed by atoms with E-state index in [2.05, 4.69) is 11.1 Å². The van der Waals surface area contributed by atoms with Crippen molar-refractivity contribution in [1.29, 1.82) is 5.26 Å². The number of nitrogens with zero attached hydrogens (tertiary/aromatic N) is 3. The predicted molar refractivity (Wildman–Crippen MR) is 59.9 cm³/mol. The lowest BCUT2D eigenvalue weighted by atomic mass is 10.1. The van der Waals surface area contributed by atoms with Gasteiger partial charge in [-0.1, -0.05) is 0 Å². The molecule has 4 heteroatoms. The van der Waals surface area contributed by atoms with Gasteiger partial charge in [0.1, 0.15) is 23.2 Å². The van der Waals surface area contributed by atoms with Crippen LogP contribution < -0.4 is 4.74 Å². The summed E-state index contributed by atoms with van der Waals surface area (Å²) < 4.78 is 6.78. The first-order valence-corrected chi connectivity index (χ1v) is 4.82. The molecule has 1 aromatic heterocycles. The van der Waals surface area contributed by atoms with E-state index in [-0.39, 0.29) is 0 Å². The van der Waals surface area contributed by atoms with Gasteiger partial charge in [0, 0.05) is 12.6 Å². The molecule has 0 aliphatic carbocycles. The topological polar surface area (TPSA) is 50.8 Å². The van der Waals surface area contributed by atoms with Crippen molar-refractivity contribution in [2.75, 3.05) is 7.11 Å². The smallest absolute Gasteiger partial charge is 0.147 e. The lowest BCUT2D eigenvalue weighted by Crippen LogP contribution is -1.90. The van der Waals surface area contributed by atoms with Gasteiger partial charge in [-0.05, 0) is 24.3 Å². The van der Waals surface area contributed by atoms with Crippen molar-refractivity contribution < 1.29 is 4.74 Å². The van der Waals surface area contributed by atoms with E-state index >= 15 is 0 Å². The van der Waals surface area contributed by atoms with Crippen molar-refractivity contribution in [3.05, 3.63) is 36.3 Å². The summed E-state index contributed by atoms with van der Waals surface area (Å²) >= 11 is 0. The molecular formula is C12H11N3O. The minimum atomic E-state index is 0.560. The average Bonchev–Trinajstić information content (AvgIpc) is 2.70. The minimum absolute atomic E-state index is 0.560. The van der Waals surface area contributed by atoms with Crippen molar-refractivity contribution >= 4 is 0 Å². The molecule has 0 spiro atoms. The fourth-order valence-corrected chi connectivity index (χ4v) is 1.52. The summed E-state index contributed by atoms with van der Waals surface area (Å²) in [6.07, 6.45) is 1.64. The number of rotatable bonds is 2. The second kappa shape index (κ2) is 4.07. The van der Waals surface area contributed by atoms with E-state index in [1.165, 1.54) is 0 Å². The number of nitriles is 1. The van der Waals surface area contributed by atoms with E-state index in [4.69, 9.17) is 10.00 Å². The Bertz CT molecular complexity index is 534. The summed E-state index contributed by atoms with van der Waals surface area (Å²) in [5, 5.41) is 9.01. The molecule has 0 saturated heterocycles. The van der Waals surface area contributed by atoms with Gasteiger partial charge in [-0.3, -0.25) is 0 Å². The highest BCUT2D eigenvalue weighted by atomic mass is 16.5. The van der Waals surface area contributed by atoms with Gasteiger partial charge in [-0.25, -0.2) is 4.98 Å². The summed E-state index contributed by atoms with van der Waals surface area (Å²) in [5.41, 5.74) is 2.18.